The normalized spacial score (nSPS) is 15.8. The van der Waals surface area contributed by atoms with E-state index in [1.807, 2.05) is 13.8 Å². The zero-order valence-corrected chi connectivity index (χ0v) is 21.7. The van der Waals surface area contributed by atoms with Crippen molar-refractivity contribution in [2.45, 2.75) is 119 Å². The largest absolute Gasteiger partial charge is 0.379 e. The Morgan fingerprint density at radius 2 is 1.50 bits per heavy atom. The second-order valence-electron chi connectivity index (χ2n) is 9.73. The summed E-state index contributed by atoms with van der Waals surface area (Å²) in [5.74, 6) is 1.40. The van der Waals surface area contributed by atoms with E-state index in [4.69, 9.17) is 9.47 Å². The summed E-state index contributed by atoms with van der Waals surface area (Å²) in [4.78, 5) is 0. The summed E-state index contributed by atoms with van der Waals surface area (Å²) >= 11 is 0. The Morgan fingerprint density at radius 3 is 1.89 bits per heavy atom. The fraction of sp³-hybridized carbons (Fsp3) is 0.958. The van der Waals surface area contributed by atoms with E-state index in [0.29, 0.717) is 11.8 Å². The van der Waals surface area contributed by atoms with E-state index >= 15 is 0 Å². The highest BCUT2D eigenvalue weighted by Crippen LogP contribution is 2.31. The number of hydrogen-bond acceptors (Lipinski definition) is 2. The molecule has 0 aromatic rings. The Hall–Kier alpha value is -0.610. The number of nitrogens with zero attached hydrogens (tertiary/aromatic N) is 1. The highest BCUT2D eigenvalue weighted by molar-refractivity contribution is 5.48. The first-order valence-corrected chi connectivity index (χ1v) is 11.2. The van der Waals surface area contributed by atoms with Gasteiger partial charge in [-0.3, -0.25) is 9.89 Å². The minimum atomic E-state index is -0.314. The molecule has 2 unspecified atom stereocenters. The van der Waals surface area contributed by atoms with Gasteiger partial charge in [0.15, 0.2) is 0 Å². The zero-order valence-electron chi connectivity index (χ0n) is 21.7. The van der Waals surface area contributed by atoms with Gasteiger partial charge in [-0.1, -0.05) is 34.6 Å². The highest BCUT2D eigenvalue weighted by atomic mass is 16.5. The van der Waals surface area contributed by atoms with E-state index in [9.17, 15) is 0 Å². The maximum atomic E-state index is 6.48. The summed E-state index contributed by atoms with van der Waals surface area (Å²) in [5, 5.41) is 3.52. The third kappa shape index (κ3) is 9.73. The first-order chi connectivity index (χ1) is 12.7. The van der Waals surface area contributed by atoms with Gasteiger partial charge in [-0.25, -0.2) is 0 Å². The molecule has 0 saturated heterocycles. The van der Waals surface area contributed by atoms with Crippen LogP contribution < -0.4 is 5.32 Å². The number of hydrogen-bond donors (Lipinski definition) is 1. The lowest BCUT2D eigenvalue weighted by molar-refractivity contribution is -0.596. The van der Waals surface area contributed by atoms with Crippen LogP contribution in [-0.4, -0.2) is 54.5 Å². The lowest BCUT2D eigenvalue weighted by Crippen LogP contribution is -2.56. The summed E-state index contributed by atoms with van der Waals surface area (Å²) in [6.45, 7) is 27.0. The van der Waals surface area contributed by atoms with Crippen molar-refractivity contribution in [3.05, 3.63) is 0 Å². The molecule has 0 aliphatic rings. The predicted octanol–water partition coefficient (Wildman–Crippen LogP) is 5.73. The summed E-state index contributed by atoms with van der Waals surface area (Å²) in [6.07, 6.45) is 4.29. The van der Waals surface area contributed by atoms with Crippen LogP contribution in [0.15, 0.2) is 0 Å². The summed E-state index contributed by atoms with van der Waals surface area (Å²) in [5.41, 5.74) is -0.651. The van der Waals surface area contributed by atoms with E-state index in [1.54, 1.807) is 7.11 Å². The molecule has 1 N–H and O–H groups in total. The van der Waals surface area contributed by atoms with E-state index in [-0.39, 0.29) is 22.8 Å². The van der Waals surface area contributed by atoms with Gasteiger partial charge in [0.1, 0.15) is 11.1 Å². The monoisotopic (exact) mass is 401 g/mol. The third-order valence-electron chi connectivity index (χ3n) is 6.31. The van der Waals surface area contributed by atoms with Gasteiger partial charge in [-0.15, -0.1) is 0 Å². The molecule has 170 valence electrons. The van der Waals surface area contributed by atoms with Crippen molar-refractivity contribution in [1.29, 1.82) is 0 Å². The van der Waals surface area contributed by atoms with Crippen molar-refractivity contribution < 1.29 is 14.0 Å². The Labute approximate surface area is 177 Å². The van der Waals surface area contributed by atoms with E-state index < -0.39 is 0 Å². The predicted molar refractivity (Wildman–Crippen MR) is 125 cm³/mol. The topological polar surface area (TPSA) is 33.5 Å². The van der Waals surface area contributed by atoms with Gasteiger partial charge in [0.05, 0.1) is 25.3 Å². The lowest BCUT2D eigenvalue weighted by atomic mass is 9.84. The Morgan fingerprint density at radius 1 is 1.00 bits per heavy atom. The Bertz CT molecular complexity index is 440. The number of ether oxygens (including phenoxy) is 2. The number of methoxy groups -OCH3 is 1. The van der Waals surface area contributed by atoms with Crippen LogP contribution in [0.1, 0.15) is 95.9 Å². The minimum Gasteiger partial charge on any atom is -0.379 e. The van der Waals surface area contributed by atoms with Gasteiger partial charge >= 0.3 is 0 Å². The molecule has 4 heteroatoms. The highest BCUT2D eigenvalue weighted by Gasteiger charge is 2.44. The van der Waals surface area contributed by atoms with Gasteiger partial charge in [0.2, 0.25) is 6.34 Å². The van der Waals surface area contributed by atoms with Gasteiger partial charge in [-0.05, 0) is 66.7 Å². The summed E-state index contributed by atoms with van der Waals surface area (Å²) < 4.78 is 14.3. The molecule has 0 aliphatic heterocycles. The molecule has 0 heterocycles. The molecular weight excluding hydrogens is 348 g/mol. The van der Waals surface area contributed by atoms with Crippen molar-refractivity contribution in [2.75, 3.05) is 20.7 Å². The molecule has 0 spiro atoms. The first kappa shape index (κ1) is 29.6. The first-order valence-electron chi connectivity index (χ1n) is 11.2. The van der Waals surface area contributed by atoms with Crippen molar-refractivity contribution in [2.24, 2.45) is 11.8 Å². The molecule has 0 aliphatic carbocycles. The molecule has 4 nitrogen and oxygen atoms in total. The molecule has 28 heavy (non-hydrogen) atoms. The van der Waals surface area contributed by atoms with Crippen molar-refractivity contribution >= 4 is 6.34 Å². The quantitative estimate of drug-likeness (QED) is 0.257. The van der Waals surface area contributed by atoms with Crippen LogP contribution in [0.2, 0.25) is 0 Å². The Kier molecular flexibility index (Phi) is 13.6. The molecule has 0 amide bonds. The average Bonchev–Trinajstić information content (AvgIpc) is 2.58. The minimum absolute atomic E-state index is 0.117. The Balaban J connectivity index is 0. The van der Waals surface area contributed by atoms with Crippen LogP contribution in [0.4, 0.5) is 0 Å². The van der Waals surface area contributed by atoms with Crippen molar-refractivity contribution in [3.63, 3.8) is 0 Å². The second kappa shape index (κ2) is 12.8. The van der Waals surface area contributed by atoms with E-state index in [1.165, 1.54) is 6.42 Å². The number of rotatable bonds is 12. The fourth-order valence-electron chi connectivity index (χ4n) is 3.24. The van der Waals surface area contributed by atoms with Crippen molar-refractivity contribution in [1.82, 2.24) is 5.32 Å². The van der Waals surface area contributed by atoms with E-state index in [2.05, 4.69) is 92.5 Å². The molecule has 0 rings (SSSR count). The molecule has 0 bridgehead atoms. The van der Waals surface area contributed by atoms with E-state index in [0.717, 1.165) is 13.0 Å². The van der Waals surface area contributed by atoms with Gasteiger partial charge < -0.3 is 9.47 Å². The molecular formula is C24H53N2O2+. The van der Waals surface area contributed by atoms with Gasteiger partial charge in [0, 0.05) is 13.5 Å². The van der Waals surface area contributed by atoms with Gasteiger partial charge in [0.25, 0.3) is 0 Å². The van der Waals surface area contributed by atoms with Crippen molar-refractivity contribution in [3.8, 4) is 0 Å². The number of nitrogens with one attached hydrogen (secondary N) is 1. The van der Waals surface area contributed by atoms with Crippen LogP contribution in [0.25, 0.3) is 0 Å². The maximum absolute atomic E-state index is 6.48. The SMILES string of the molecule is CC.CCC(CNC=[N+](C)C(C)(C)C(C)(C)OC(C)CC(C)(C)OC)C(C)C. The fourth-order valence-corrected chi connectivity index (χ4v) is 3.24. The molecule has 0 aromatic heterocycles. The van der Waals surface area contributed by atoms with Crippen LogP contribution >= 0.6 is 0 Å². The molecule has 0 aromatic carbocycles. The number of likely N-dealkylation sites (N-methyl/N-ethyl adjacent to an activating group) is 1. The standard InChI is InChI=1S/C22H46N2O2.C2H6/c1-13-19(17(2)3)15-23-16-24(11)21(7,8)22(9,10)26-18(4)14-20(5,6)25-12;1-2/h16-19H,13-15H2,1-12H3;1-2H3/p+1. The molecule has 0 fully saturated rings. The maximum Gasteiger partial charge on any atom is 0.232 e. The summed E-state index contributed by atoms with van der Waals surface area (Å²) in [7, 11) is 3.88. The average molecular weight is 402 g/mol. The van der Waals surface area contributed by atoms with Crippen LogP contribution in [-0.2, 0) is 9.47 Å². The summed E-state index contributed by atoms with van der Waals surface area (Å²) in [6, 6.07) is 0. The van der Waals surface area contributed by atoms with Crippen LogP contribution in [0, 0.1) is 11.8 Å². The molecule has 0 radical (unpaired) electrons. The smallest absolute Gasteiger partial charge is 0.232 e. The molecule has 0 saturated carbocycles. The lowest BCUT2D eigenvalue weighted by Gasteiger charge is -2.42. The van der Waals surface area contributed by atoms with Gasteiger partial charge in [-0.2, -0.15) is 0 Å². The molecule has 2 atom stereocenters. The zero-order chi connectivity index (χ0) is 22.8. The second-order valence-corrected chi connectivity index (χ2v) is 9.73. The van der Waals surface area contributed by atoms with Crippen LogP contribution in [0.3, 0.4) is 0 Å². The van der Waals surface area contributed by atoms with Crippen LogP contribution in [0.5, 0.6) is 0 Å². The third-order valence-corrected chi connectivity index (χ3v) is 6.31.